The number of sulfonamides is 1. The highest BCUT2D eigenvalue weighted by Crippen LogP contribution is 2.34. The van der Waals surface area contributed by atoms with Crippen molar-refractivity contribution in [3.05, 3.63) is 47.4 Å². The molecule has 1 fully saturated rings. The van der Waals surface area contributed by atoms with Gasteiger partial charge in [-0.05, 0) is 50.5 Å². The van der Waals surface area contributed by atoms with E-state index in [1.807, 2.05) is 26.0 Å². The van der Waals surface area contributed by atoms with Crippen molar-refractivity contribution in [1.82, 2.24) is 9.97 Å². The molecule has 3 rings (SSSR count). The summed E-state index contributed by atoms with van der Waals surface area (Å²) >= 11 is 0. The largest absolute Gasteiger partial charge is 0.466 e. The number of carbonyl (C=O) groups excluding carboxylic acids is 1. The molecule has 9 nitrogen and oxygen atoms in total. The molecule has 2 heterocycles. The van der Waals surface area contributed by atoms with Gasteiger partial charge < -0.3 is 14.2 Å². The van der Waals surface area contributed by atoms with Crippen LogP contribution >= 0.6 is 0 Å². The van der Waals surface area contributed by atoms with Crippen molar-refractivity contribution in [3.8, 4) is 11.3 Å². The van der Waals surface area contributed by atoms with E-state index in [-0.39, 0.29) is 24.3 Å². The second-order valence-electron chi connectivity index (χ2n) is 11.4. The van der Waals surface area contributed by atoms with Crippen LogP contribution in [0.15, 0.2) is 30.3 Å². The van der Waals surface area contributed by atoms with Crippen molar-refractivity contribution >= 4 is 28.0 Å². The average molecular weight is 606 g/mol. The fourth-order valence-corrected chi connectivity index (χ4v) is 5.13. The van der Waals surface area contributed by atoms with Crippen molar-refractivity contribution in [2.24, 2.45) is 0 Å². The van der Waals surface area contributed by atoms with Gasteiger partial charge in [0, 0.05) is 24.6 Å². The van der Waals surface area contributed by atoms with Gasteiger partial charge in [-0.25, -0.2) is 27.1 Å². The summed E-state index contributed by atoms with van der Waals surface area (Å²) in [6.45, 7) is 10.1. The monoisotopic (exact) mass is 605 g/mol. The Hall–Kier alpha value is -2.89. The van der Waals surface area contributed by atoms with E-state index in [1.54, 1.807) is 26.0 Å². The van der Waals surface area contributed by atoms with Crippen LogP contribution < -0.4 is 4.31 Å². The minimum Gasteiger partial charge on any atom is -0.466 e. The molecule has 2 aromatic rings. The van der Waals surface area contributed by atoms with E-state index in [0.717, 1.165) is 36.2 Å². The first-order chi connectivity index (χ1) is 19.7. The molecular formula is C31H44FN3O6S. The summed E-state index contributed by atoms with van der Waals surface area (Å²) in [6.07, 6.45) is 8.70. The quantitative estimate of drug-likeness (QED) is 0.195. The van der Waals surface area contributed by atoms with Gasteiger partial charge in [0.1, 0.15) is 5.82 Å². The third-order valence-electron chi connectivity index (χ3n) is 6.92. The fourth-order valence-electron chi connectivity index (χ4n) is 4.75. The number of hydrogen-bond acceptors (Lipinski definition) is 8. The molecule has 0 N–H and O–H groups in total. The molecule has 1 saturated heterocycles. The maximum Gasteiger partial charge on any atom is 0.308 e. The zero-order chi connectivity index (χ0) is 31.1. The molecule has 1 aromatic carbocycles. The Morgan fingerprint density at radius 3 is 2.48 bits per heavy atom. The van der Waals surface area contributed by atoms with Gasteiger partial charge in [0.2, 0.25) is 16.0 Å². The van der Waals surface area contributed by atoms with E-state index in [0.29, 0.717) is 35.5 Å². The zero-order valence-corrected chi connectivity index (χ0v) is 26.5. The lowest BCUT2D eigenvalue weighted by Gasteiger charge is -2.39. The number of rotatable bonds is 13. The van der Waals surface area contributed by atoms with Crippen molar-refractivity contribution in [2.75, 3.05) is 24.2 Å². The van der Waals surface area contributed by atoms with Gasteiger partial charge in [0.25, 0.3) is 0 Å². The van der Waals surface area contributed by atoms with Crippen LogP contribution in [0, 0.1) is 5.82 Å². The summed E-state index contributed by atoms with van der Waals surface area (Å²) in [5.74, 6) is -1.69. The van der Waals surface area contributed by atoms with Crippen LogP contribution in [0.4, 0.5) is 10.3 Å². The van der Waals surface area contributed by atoms with E-state index in [2.05, 4.69) is 16.9 Å². The van der Waals surface area contributed by atoms with Crippen LogP contribution in [-0.2, 0) is 29.0 Å². The Labute approximate surface area is 249 Å². The van der Waals surface area contributed by atoms with Crippen molar-refractivity contribution in [3.63, 3.8) is 0 Å². The standard InChI is InChI=1S/C31H44FN3O6S/c1-8-9-10-11-18-39-27(36)20-25-19-24(40-31(4,5)41-25)16-17-26-28(21(2)3)33-30(35(6)42(7,37)38)34-29(26)22-12-14-23(32)15-13-22/h12-17,21,24-25H,8-11,18-20H2,1-7H3/t24-,25-/m1/s1. The molecule has 0 saturated carbocycles. The molecule has 2 atom stereocenters. The Balaban J connectivity index is 1.92. The minimum absolute atomic E-state index is 0.0226. The van der Waals surface area contributed by atoms with Crippen molar-refractivity contribution in [2.45, 2.75) is 97.1 Å². The third-order valence-corrected chi connectivity index (χ3v) is 8.08. The topological polar surface area (TPSA) is 108 Å². The second kappa shape index (κ2) is 14.5. The summed E-state index contributed by atoms with van der Waals surface area (Å²) in [6, 6.07) is 5.86. The number of aromatic nitrogens is 2. The SMILES string of the molecule is CCCCCCOC(=O)C[C@H]1C[C@@H](C=Cc2c(-c3ccc(F)cc3)nc(N(C)S(C)(=O)=O)nc2C(C)C)OC(C)(C)O1. The summed E-state index contributed by atoms with van der Waals surface area (Å²) < 4.78 is 57.1. The number of esters is 1. The molecule has 0 aliphatic carbocycles. The molecule has 1 aromatic heterocycles. The minimum atomic E-state index is -3.63. The van der Waals surface area contributed by atoms with Crippen molar-refractivity contribution < 1.29 is 31.8 Å². The Morgan fingerprint density at radius 1 is 1.17 bits per heavy atom. The highest BCUT2D eigenvalue weighted by Gasteiger charge is 2.36. The van der Waals surface area contributed by atoms with Gasteiger partial charge in [-0.2, -0.15) is 0 Å². The first-order valence-electron chi connectivity index (χ1n) is 14.5. The van der Waals surface area contributed by atoms with Crippen LogP contribution in [-0.4, -0.2) is 62.3 Å². The van der Waals surface area contributed by atoms with E-state index < -0.39 is 33.8 Å². The summed E-state index contributed by atoms with van der Waals surface area (Å²) in [5, 5.41) is 0. The number of unbranched alkanes of at least 4 members (excludes halogenated alkanes) is 3. The van der Waals surface area contributed by atoms with Crippen molar-refractivity contribution in [1.29, 1.82) is 0 Å². The highest BCUT2D eigenvalue weighted by molar-refractivity contribution is 7.92. The van der Waals surface area contributed by atoms with Crippen LogP contribution in [0.5, 0.6) is 0 Å². The second-order valence-corrected chi connectivity index (χ2v) is 13.5. The van der Waals surface area contributed by atoms with E-state index in [1.165, 1.54) is 19.2 Å². The molecule has 1 aliphatic heterocycles. The lowest BCUT2D eigenvalue weighted by molar-refractivity contribution is -0.290. The number of benzene rings is 1. The Bertz CT molecular complexity index is 1350. The average Bonchev–Trinajstić information content (AvgIpc) is 2.90. The van der Waals surface area contributed by atoms with Gasteiger partial charge in [0.15, 0.2) is 5.79 Å². The number of hydrogen-bond donors (Lipinski definition) is 0. The normalized spacial score (nSPS) is 18.9. The third kappa shape index (κ3) is 9.57. The van der Waals surface area contributed by atoms with Crippen LogP contribution in [0.3, 0.4) is 0 Å². The lowest BCUT2D eigenvalue weighted by atomic mass is 9.97. The summed E-state index contributed by atoms with van der Waals surface area (Å²) in [7, 11) is -2.23. The summed E-state index contributed by atoms with van der Waals surface area (Å²) in [4.78, 5) is 21.7. The molecule has 42 heavy (non-hydrogen) atoms. The number of nitrogens with zero attached hydrogens (tertiary/aromatic N) is 3. The molecule has 0 unspecified atom stereocenters. The molecule has 232 valence electrons. The van der Waals surface area contributed by atoms with Gasteiger partial charge in [-0.1, -0.05) is 52.2 Å². The molecule has 0 radical (unpaired) electrons. The molecule has 0 bridgehead atoms. The molecule has 0 amide bonds. The van der Waals surface area contributed by atoms with Gasteiger partial charge in [0.05, 0.1) is 42.9 Å². The summed E-state index contributed by atoms with van der Waals surface area (Å²) in [5.41, 5.74) is 2.36. The predicted molar refractivity (Wildman–Crippen MR) is 162 cm³/mol. The fraction of sp³-hybridized carbons (Fsp3) is 0.581. The first-order valence-corrected chi connectivity index (χ1v) is 16.4. The number of anilines is 1. The number of carbonyl (C=O) groups is 1. The van der Waals surface area contributed by atoms with Gasteiger partial charge in [-0.3, -0.25) is 4.79 Å². The van der Waals surface area contributed by atoms with Gasteiger partial charge >= 0.3 is 5.97 Å². The van der Waals surface area contributed by atoms with Gasteiger partial charge in [-0.15, -0.1) is 0 Å². The first kappa shape index (κ1) is 33.6. The molecule has 1 aliphatic rings. The smallest absolute Gasteiger partial charge is 0.308 e. The molecule has 11 heteroatoms. The Morgan fingerprint density at radius 2 is 1.86 bits per heavy atom. The maximum absolute atomic E-state index is 13.8. The molecule has 0 spiro atoms. The lowest BCUT2D eigenvalue weighted by Crippen LogP contribution is -2.44. The van der Waals surface area contributed by atoms with E-state index in [4.69, 9.17) is 14.2 Å². The predicted octanol–water partition coefficient (Wildman–Crippen LogP) is 6.24. The number of ether oxygens (including phenoxy) is 3. The maximum atomic E-state index is 13.8. The van der Waals surface area contributed by atoms with Crippen LogP contribution in [0.2, 0.25) is 0 Å². The van der Waals surface area contributed by atoms with E-state index in [9.17, 15) is 17.6 Å². The van der Waals surface area contributed by atoms with E-state index >= 15 is 0 Å². The zero-order valence-electron chi connectivity index (χ0n) is 25.7. The Kier molecular flexibility index (Phi) is 11.6. The highest BCUT2D eigenvalue weighted by atomic mass is 32.2. The molecular weight excluding hydrogens is 561 g/mol. The van der Waals surface area contributed by atoms with Crippen LogP contribution in [0.1, 0.15) is 90.3 Å². The number of halogens is 1. The van der Waals surface area contributed by atoms with Crippen LogP contribution in [0.25, 0.3) is 17.3 Å².